The molecule has 3 N–H and O–H groups in total. The molecule has 0 fully saturated rings. The second-order valence-electron chi connectivity index (χ2n) is 6.76. The van der Waals surface area contributed by atoms with E-state index in [0.717, 1.165) is 12.2 Å². The maximum atomic E-state index is 14.7. The molecule has 1 aliphatic heterocycles. The van der Waals surface area contributed by atoms with Gasteiger partial charge in [-0.25, -0.2) is 24.3 Å². The summed E-state index contributed by atoms with van der Waals surface area (Å²) in [6, 6.07) is 6.54. The van der Waals surface area contributed by atoms with Gasteiger partial charge in [-0.1, -0.05) is 0 Å². The van der Waals surface area contributed by atoms with Gasteiger partial charge in [-0.2, -0.15) is 0 Å². The van der Waals surface area contributed by atoms with Gasteiger partial charge in [-0.15, -0.1) is 0 Å². The number of benzene rings is 1. The third-order valence-corrected chi connectivity index (χ3v) is 4.74. The highest BCUT2D eigenvalue weighted by Gasteiger charge is 2.18. The largest absolute Gasteiger partial charge is 0.421 e. The van der Waals surface area contributed by atoms with Gasteiger partial charge in [0, 0.05) is 42.8 Å². The number of nitrogen functional groups attached to an aromatic ring is 1. The number of nitrogens with two attached hydrogens (primary N) is 1. The highest BCUT2D eigenvalue weighted by molar-refractivity contribution is 5.89. The number of aromatic nitrogens is 5. The van der Waals surface area contributed by atoms with Crippen LogP contribution in [-0.4, -0.2) is 31.0 Å². The third-order valence-electron chi connectivity index (χ3n) is 4.74. The first-order valence-corrected chi connectivity index (χ1v) is 9.14. The number of anilines is 1. The van der Waals surface area contributed by atoms with E-state index in [1.165, 1.54) is 12.1 Å². The summed E-state index contributed by atoms with van der Waals surface area (Å²) in [6.07, 6.45) is 1.55. The number of fused-ring (bicyclic) bond motifs is 3. The van der Waals surface area contributed by atoms with Crippen molar-refractivity contribution in [2.45, 2.75) is 20.0 Å². The fraction of sp³-hybridized carbons (Fsp3) is 0.200. The molecule has 4 aromatic rings. The molecule has 0 bridgehead atoms. The maximum absolute atomic E-state index is 14.7. The SMILES string of the molecule is [2H]c1c2n(c3nc(-c4ccc(Oc5nccc(C)n5)c(F)c4)nc(N)c13)CCNC2. The van der Waals surface area contributed by atoms with Crippen molar-refractivity contribution in [3.05, 3.63) is 53.7 Å². The average molecular weight is 392 g/mol. The molecule has 0 amide bonds. The van der Waals surface area contributed by atoms with Crippen LogP contribution in [0.2, 0.25) is 0 Å². The van der Waals surface area contributed by atoms with Crippen LogP contribution < -0.4 is 15.8 Å². The van der Waals surface area contributed by atoms with Gasteiger partial charge in [0.05, 0.1) is 6.76 Å². The maximum Gasteiger partial charge on any atom is 0.322 e. The zero-order valence-electron chi connectivity index (χ0n) is 16.6. The van der Waals surface area contributed by atoms with Crippen LogP contribution in [0.15, 0.2) is 36.5 Å². The number of ether oxygens (including phenoxy) is 1. The number of aryl methyl sites for hydroxylation is 1. The average Bonchev–Trinajstić information content (AvgIpc) is 3.02. The molecule has 8 nitrogen and oxygen atoms in total. The van der Waals surface area contributed by atoms with Crippen molar-refractivity contribution in [2.24, 2.45) is 0 Å². The minimum absolute atomic E-state index is 0.00187. The number of rotatable bonds is 3. The van der Waals surface area contributed by atoms with Gasteiger partial charge in [-0.05, 0) is 37.2 Å². The molecule has 3 aromatic heterocycles. The van der Waals surface area contributed by atoms with E-state index >= 15 is 0 Å². The highest BCUT2D eigenvalue weighted by atomic mass is 19.1. The molecule has 4 heterocycles. The van der Waals surface area contributed by atoms with Gasteiger partial charge in [0.2, 0.25) is 0 Å². The summed E-state index contributed by atoms with van der Waals surface area (Å²) in [6.45, 7) is 3.82. The lowest BCUT2D eigenvalue weighted by atomic mass is 10.2. The van der Waals surface area contributed by atoms with E-state index in [-0.39, 0.29) is 23.4 Å². The van der Waals surface area contributed by atoms with Crippen molar-refractivity contribution in [2.75, 3.05) is 12.3 Å². The lowest BCUT2D eigenvalue weighted by molar-refractivity contribution is 0.410. The molecular weight excluding hydrogens is 373 g/mol. The van der Waals surface area contributed by atoms with Crippen LogP contribution in [0.4, 0.5) is 10.2 Å². The Hall–Kier alpha value is -3.59. The minimum Gasteiger partial charge on any atom is -0.421 e. The van der Waals surface area contributed by atoms with Crippen molar-refractivity contribution in [3.8, 4) is 23.1 Å². The van der Waals surface area contributed by atoms with Crippen molar-refractivity contribution in [1.29, 1.82) is 0 Å². The Morgan fingerprint density at radius 1 is 1.28 bits per heavy atom. The molecule has 5 rings (SSSR count). The fourth-order valence-corrected chi connectivity index (χ4v) is 3.32. The van der Waals surface area contributed by atoms with Gasteiger partial charge in [0.1, 0.15) is 11.5 Å². The smallest absolute Gasteiger partial charge is 0.322 e. The Kier molecular flexibility index (Phi) is 3.83. The number of nitrogens with zero attached hydrogens (tertiary/aromatic N) is 5. The molecule has 1 aliphatic rings. The molecule has 9 heteroatoms. The number of nitrogens with one attached hydrogen (secondary N) is 1. The van der Waals surface area contributed by atoms with Gasteiger partial charge in [0.15, 0.2) is 17.4 Å². The second kappa shape index (κ2) is 6.78. The molecule has 0 saturated heterocycles. The summed E-state index contributed by atoms with van der Waals surface area (Å²) in [7, 11) is 0. The van der Waals surface area contributed by atoms with Crippen molar-refractivity contribution < 1.29 is 10.5 Å². The molecular formula is C20H18FN7O. The molecule has 29 heavy (non-hydrogen) atoms. The van der Waals surface area contributed by atoms with Crippen molar-refractivity contribution >= 4 is 16.9 Å². The van der Waals surface area contributed by atoms with Gasteiger partial charge >= 0.3 is 6.01 Å². The van der Waals surface area contributed by atoms with Crippen LogP contribution >= 0.6 is 0 Å². The van der Waals surface area contributed by atoms with Crippen LogP contribution in [0.5, 0.6) is 11.8 Å². The number of halogens is 1. The lowest BCUT2D eigenvalue weighted by Crippen LogP contribution is -2.27. The van der Waals surface area contributed by atoms with Crippen molar-refractivity contribution in [1.82, 2.24) is 29.8 Å². The molecule has 146 valence electrons. The Labute approximate surface area is 167 Å². The van der Waals surface area contributed by atoms with E-state index in [2.05, 4.69) is 25.3 Å². The summed E-state index contributed by atoms with van der Waals surface area (Å²) in [5.41, 5.74) is 8.73. The Morgan fingerprint density at radius 2 is 2.17 bits per heavy atom. The van der Waals surface area contributed by atoms with Crippen LogP contribution in [-0.2, 0) is 13.1 Å². The van der Waals surface area contributed by atoms with Crippen LogP contribution in [0.25, 0.3) is 22.4 Å². The Morgan fingerprint density at radius 3 is 3.00 bits per heavy atom. The zero-order valence-corrected chi connectivity index (χ0v) is 15.6. The number of hydrogen-bond acceptors (Lipinski definition) is 7. The molecule has 0 saturated carbocycles. The third kappa shape index (κ3) is 3.15. The summed E-state index contributed by atoms with van der Waals surface area (Å²) in [5, 5.41) is 3.76. The first-order valence-electron chi connectivity index (χ1n) is 9.64. The molecule has 1 aromatic carbocycles. The highest BCUT2D eigenvalue weighted by Crippen LogP contribution is 2.30. The zero-order chi connectivity index (χ0) is 20.8. The first-order chi connectivity index (χ1) is 14.5. The summed E-state index contributed by atoms with van der Waals surface area (Å²) in [5.74, 6) is -0.104. The molecule has 0 spiro atoms. The van der Waals surface area contributed by atoms with Gasteiger partial charge < -0.3 is 20.4 Å². The van der Waals surface area contributed by atoms with Crippen LogP contribution in [0.1, 0.15) is 12.8 Å². The summed E-state index contributed by atoms with van der Waals surface area (Å²) in [4.78, 5) is 17.0. The number of hydrogen-bond donors (Lipinski definition) is 2. The topological polar surface area (TPSA) is 104 Å². The normalized spacial score (nSPS) is 13.9. The second-order valence-corrected chi connectivity index (χ2v) is 6.76. The molecule has 0 aliphatic carbocycles. The summed E-state index contributed by atoms with van der Waals surface area (Å²) < 4.78 is 30.5. The van der Waals surface area contributed by atoms with E-state index in [4.69, 9.17) is 11.8 Å². The van der Waals surface area contributed by atoms with Crippen LogP contribution in [0.3, 0.4) is 0 Å². The quantitative estimate of drug-likeness (QED) is 0.552. The Bertz CT molecular complexity index is 1290. The van der Waals surface area contributed by atoms with Gasteiger partial charge in [-0.3, -0.25) is 0 Å². The monoisotopic (exact) mass is 392 g/mol. The summed E-state index contributed by atoms with van der Waals surface area (Å²) >= 11 is 0. The fourth-order valence-electron chi connectivity index (χ4n) is 3.32. The minimum atomic E-state index is -0.595. The van der Waals surface area contributed by atoms with E-state index in [1.54, 1.807) is 25.3 Å². The van der Waals surface area contributed by atoms with Gasteiger partial charge in [0.25, 0.3) is 0 Å². The predicted molar refractivity (Wildman–Crippen MR) is 106 cm³/mol. The Balaban J connectivity index is 1.55. The first kappa shape index (κ1) is 16.4. The van der Waals surface area contributed by atoms with E-state index in [9.17, 15) is 4.39 Å². The predicted octanol–water partition coefficient (Wildman–Crippen LogP) is 2.81. The standard InChI is InChI=1S/C20H18FN7O/c1-11-4-5-24-20(25-11)29-16-3-2-12(8-15(16)21)18-26-17(22)14-9-13-10-23-6-7-28(13)19(14)27-18/h2-5,8-9,23H,6-7,10H2,1H3,(H2,22,26,27)/i9D. The van der Waals surface area contributed by atoms with E-state index in [0.29, 0.717) is 41.4 Å². The van der Waals surface area contributed by atoms with E-state index < -0.39 is 5.82 Å². The lowest BCUT2D eigenvalue weighted by Gasteiger charge is -2.16. The molecule has 0 radical (unpaired) electrons. The van der Waals surface area contributed by atoms with E-state index in [1.807, 2.05) is 4.57 Å². The molecule has 0 atom stereocenters. The molecule has 0 unspecified atom stereocenters. The van der Waals surface area contributed by atoms with Crippen molar-refractivity contribution in [3.63, 3.8) is 0 Å². The van der Waals surface area contributed by atoms with Crippen LogP contribution in [0, 0.1) is 12.7 Å².